The van der Waals surface area contributed by atoms with Crippen molar-refractivity contribution in [3.05, 3.63) is 35.1 Å². The van der Waals surface area contributed by atoms with Crippen LogP contribution in [-0.4, -0.2) is 28.0 Å². The van der Waals surface area contributed by atoms with E-state index in [4.69, 9.17) is 16.9 Å². The number of para-hydroxylation sites is 1. The third-order valence-electron chi connectivity index (χ3n) is 3.28. The van der Waals surface area contributed by atoms with Gasteiger partial charge in [0.25, 0.3) is 0 Å². The van der Waals surface area contributed by atoms with E-state index in [0.717, 1.165) is 25.9 Å². The van der Waals surface area contributed by atoms with Gasteiger partial charge in [-0.2, -0.15) is 20.2 Å². The maximum Gasteiger partial charge on any atom is 0.233 e. The van der Waals surface area contributed by atoms with E-state index in [2.05, 4.69) is 31.2 Å². The molecule has 0 atom stereocenters. The van der Waals surface area contributed by atoms with Crippen LogP contribution in [0.3, 0.4) is 0 Å². The summed E-state index contributed by atoms with van der Waals surface area (Å²) in [6.07, 6.45) is 2.26. The Morgan fingerprint density at radius 3 is 2.67 bits per heavy atom. The molecule has 1 aromatic heterocycles. The molecular weight excluding hydrogens is 288 g/mol. The molecule has 1 N–H and O–H groups in total. The lowest BCUT2D eigenvalue weighted by atomic mass is 10.2. The van der Waals surface area contributed by atoms with E-state index >= 15 is 0 Å². The van der Waals surface area contributed by atoms with Gasteiger partial charge < -0.3 is 10.2 Å². The molecule has 0 spiro atoms. The van der Waals surface area contributed by atoms with Crippen LogP contribution in [0, 0.1) is 11.3 Å². The van der Waals surface area contributed by atoms with Crippen LogP contribution in [-0.2, 0) is 0 Å². The molecule has 1 aromatic carbocycles. The number of aromatic nitrogens is 3. The van der Waals surface area contributed by atoms with Crippen LogP contribution in [0.5, 0.6) is 0 Å². The molecule has 0 aliphatic carbocycles. The van der Waals surface area contributed by atoms with Crippen LogP contribution in [0.1, 0.15) is 18.4 Å². The van der Waals surface area contributed by atoms with Gasteiger partial charge in [-0.15, -0.1) is 0 Å². The van der Waals surface area contributed by atoms with Gasteiger partial charge in [0, 0.05) is 13.1 Å². The van der Waals surface area contributed by atoms with Crippen molar-refractivity contribution in [2.45, 2.75) is 12.8 Å². The van der Waals surface area contributed by atoms with Gasteiger partial charge in [0.2, 0.25) is 17.2 Å². The molecule has 1 saturated heterocycles. The summed E-state index contributed by atoms with van der Waals surface area (Å²) < 4.78 is 0. The van der Waals surface area contributed by atoms with Crippen LogP contribution in [0.15, 0.2) is 24.3 Å². The number of rotatable bonds is 3. The van der Waals surface area contributed by atoms with Crippen molar-refractivity contribution in [1.82, 2.24) is 15.0 Å². The molecule has 0 saturated carbocycles. The van der Waals surface area contributed by atoms with E-state index in [-0.39, 0.29) is 5.28 Å². The van der Waals surface area contributed by atoms with Gasteiger partial charge in [0.1, 0.15) is 6.07 Å². The molecule has 1 fully saturated rings. The monoisotopic (exact) mass is 300 g/mol. The first-order valence-corrected chi connectivity index (χ1v) is 7.07. The standard InChI is InChI=1S/C14H13ClN6/c15-12-18-13(17-11-6-2-1-5-10(11)9-16)20-14(19-12)21-7-3-4-8-21/h1-2,5-6H,3-4,7-8H2,(H,17,18,19,20). The quantitative estimate of drug-likeness (QED) is 0.939. The van der Waals surface area contributed by atoms with E-state index in [1.165, 1.54) is 0 Å². The first kappa shape index (κ1) is 13.6. The summed E-state index contributed by atoms with van der Waals surface area (Å²) in [5.74, 6) is 0.920. The van der Waals surface area contributed by atoms with Crippen LogP contribution in [0.4, 0.5) is 17.6 Å². The molecule has 7 heteroatoms. The Balaban J connectivity index is 1.90. The number of halogens is 1. The Morgan fingerprint density at radius 1 is 1.14 bits per heavy atom. The van der Waals surface area contributed by atoms with Gasteiger partial charge in [-0.25, -0.2) is 0 Å². The first-order valence-electron chi connectivity index (χ1n) is 6.69. The van der Waals surface area contributed by atoms with E-state index < -0.39 is 0 Å². The minimum absolute atomic E-state index is 0.142. The van der Waals surface area contributed by atoms with E-state index in [0.29, 0.717) is 23.1 Å². The third-order valence-corrected chi connectivity index (χ3v) is 3.45. The fourth-order valence-electron chi connectivity index (χ4n) is 2.26. The number of anilines is 3. The lowest BCUT2D eigenvalue weighted by molar-refractivity contribution is 0.883. The molecule has 3 rings (SSSR count). The maximum atomic E-state index is 9.10. The lowest BCUT2D eigenvalue weighted by Gasteiger charge is -2.16. The van der Waals surface area contributed by atoms with Crippen LogP contribution >= 0.6 is 11.6 Å². The molecule has 1 aliphatic heterocycles. The minimum Gasteiger partial charge on any atom is -0.341 e. The van der Waals surface area contributed by atoms with Crippen molar-refractivity contribution < 1.29 is 0 Å². The van der Waals surface area contributed by atoms with Gasteiger partial charge in [-0.1, -0.05) is 12.1 Å². The summed E-state index contributed by atoms with van der Waals surface area (Å²) in [5, 5.41) is 12.3. The molecule has 6 nitrogen and oxygen atoms in total. The van der Waals surface area contributed by atoms with Gasteiger partial charge in [-0.3, -0.25) is 0 Å². The topological polar surface area (TPSA) is 77.7 Å². The molecule has 2 heterocycles. The Labute approximate surface area is 127 Å². The van der Waals surface area contributed by atoms with E-state index in [1.807, 2.05) is 6.07 Å². The summed E-state index contributed by atoms with van der Waals surface area (Å²) in [7, 11) is 0. The summed E-state index contributed by atoms with van der Waals surface area (Å²) in [5.41, 5.74) is 1.17. The second-order valence-corrected chi connectivity index (χ2v) is 5.04. The fourth-order valence-corrected chi connectivity index (χ4v) is 2.42. The van der Waals surface area contributed by atoms with Crippen LogP contribution in [0.25, 0.3) is 0 Å². The molecule has 0 amide bonds. The van der Waals surface area contributed by atoms with Gasteiger partial charge in [0.05, 0.1) is 11.3 Å². The minimum atomic E-state index is 0.142. The second-order valence-electron chi connectivity index (χ2n) is 4.70. The largest absolute Gasteiger partial charge is 0.341 e. The van der Waals surface area contributed by atoms with Crippen molar-refractivity contribution in [3.63, 3.8) is 0 Å². The average molecular weight is 301 g/mol. The summed E-state index contributed by atoms with van der Waals surface area (Å²) in [4.78, 5) is 14.7. The zero-order chi connectivity index (χ0) is 14.7. The Morgan fingerprint density at radius 2 is 1.90 bits per heavy atom. The highest BCUT2D eigenvalue weighted by atomic mass is 35.5. The molecule has 0 unspecified atom stereocenters. The smallest absolute Gasteiger partial charge is 0.233 e. The van der Waals surface area contributed by atoms with Gasteiger partial charge in [0.15, 0.2) is 0 Å². The Bertz CT molecular complexity index is 690. The number of nitrogens with zero attached hydrogens (tertiary/aromatic N) is 5. The van der Waals surface area contributed by atoms with E-state index in [1.54, 1.807) is 18.2 Å². The van der Waals surface area contributed by atoms with Crippen LogP contribution in [0.2, 0.25) is 5.28 Å². The number of nitriles is 1. The van der Waals surface area contributed by atoms with Gasteiger partial charge in [-0.05, 0) is 36.6 Å². The molecule has 106 valence electrons. The predicted octanol–water partition coefficient (Wildman–Crippen LogP) is 2.74. The number of hydrogen-bond donors (Lipinski definition) is 1. The highest BCUT2D eigenvalue weighted by molar-refractivity contribution is 6.28. The lowest BCUT2D eigenvalue weighted by Crippen LogP contribution is -2.21. The number of nitrogens with one attached hydrogen (secondary N) is 1. The number of benzene rings is 1. The summed E-state index contributed by atoms with van der Waals surface area (Å²) in [6.45, 7) is 1.85. The van der Waals surface area contributed by atoms with E-state index in [9.17, 15) is 0 Å². The van der Waals surface area contributed by atoms with Gasteiger partial charge >= 0.3 is 0 Å². The first-order chi connectivity index (χ1) is 10.3. The normalized spacial score (nSPS) is 14.0. The maximum absolute atomic E-state index is 9.10. The Hall–Kier alpha value is -2.39. The van der Waals surface area contributed by atoms with Crippen LogP contribution < -0.4 is 10.2 Å². The van der Waals surface area contributed by atoms with Crippen molar-refractivity contribution >= 4 is 29.2 Å². The zero-order valence-electron chi connectivity index (χ0n) is 11.3. The number of hydrogen-bond acceptors (Lipinski definition) is 6. The molecule has 0 bridgehead atoms. The molecule has 0 radical (unpaired) electrons. The zero-order valence-corrected chi connectivity index (χ0v) is 12.0. The Kier molecular flexibility index (Phi) is 3.84. The fraction of sp³-hybridized carbons (Fsp3) is 0.286. The summed E-state index contributed by atoms with van der Waals surface area (Å²) >= 11 is 5.97. The molecule has 21 heavy (non-hydrogen) atoms. The molecule has 1 aliphatic rings. The summed E-state index contributed by atoms with van der Waals surface area (Å²) in [6, 6.07) is 9.30. The van der Waals surface area contributed by atoms with Crippen molar-refractivity contribution in [2.75, 3.05) is 23.3 Å². The highest BCUT2D eigenvalue weighted by Crippen LogP contribution is 2.22. The van der Waals surface area contributed by atoms with Crippen molar-refractivity contribution in [3.8, 4) is 6.07 Å². The molecular formula is C14H13ClN6. The third kappa shape index (κ3) is 3.03. The van der Waals surface area contributed by atoms with Crippen molar-refractivity contribution in [1.29, 1.82) is 5.26 Å². The SMILES string of the molecule is N#Cc1ccccc1Nc1nc(Cl)nc(N2CCCC2)n1. The average Bonchev–Trinajstić information content (AvgIpc) is 3.01. The van der Waals surface area contributed by atoms with Crippen molar-refractivity contribution in [2.24, 2.45) is 0 Å². The predicted molar refractivity (Wildman–Crippen MR) is 80.7 cm³/mol. The molecule has 2 aromatic rings. The highest BCUT2D eigenvalue weighted by Gasteiger charge is 2.17. The second kappa shape index (κ2) is 5.94.